The van der Waals surface area contributed by atoms with Crippen molar-refractivity contribution in [3.05, 3.63) is 70.4 Å². The summed E-state index contributed by atoms with van der Waals surface area (Å²) in [6, 6.07) is 12.3. The molecule has 7 nitrogen and oxygen atoms in total. The van der Waals surface area contributed by atoms with E-state index >= 15 is 0 Å². The molecule has 0 fully saturated rings. The van der Waals surface area contributed by atoms with Gasteiger partial charge in [-0.3, -0.25) is 14.6 Å². The highest BCUT2D eigenvalue weighted by atomic mass is 16.5. The first-order valence-corrected chi connectivity index (χ1v) is 10.7. The van der Waals surface area contributed by atoms with Gasteiger partial charge < -0.3 is 15.4 Å². The van der Waals surface area contributed by atoms with Crippen molar-refractivity contribution in [3.8, 4) is 0 Å². The number of hydrogen-bond donors (Lipinski definition) is 2. The smallest absolute Gasteiger partial charge is 0.339 e. The van der Waals surface area contributed by atoms with Gasteiger partial charge in [-0.25, -0.2) is 4.79 Å². The van der Waals surface area contributed by atoms with E-state index in [1.165, 1.54) is 0 Å². The Morgan fingerprint density at radius 2 is 1.78 bits per heavy atom. The summed E-state index contributed by atoms with van der Waals surface area (Å²) in [6.07, 6.45) is 3.66. The number of esters is 1. The van der Waals surface area contributed by atoms with Crippen LogP contribution in [-0.2, 0) is 22.4 Å². The third-order valence-corrected chi connectivity index (χ3v) is 5.61. The molecule has 3 aromatic rings. The minimum absolute atomic E-state index is 0.208. The zero-order valence-corrected chi connectivity index (χ0v) is 18.2. The van der Waals surface area contributed by atoms with Crippen molar-refractivity contribution in [2.75, 3.05) is 19.0 Å². The van der Waals surface area contributed by atoms with Crippen LogP contribution in [-0.4, -0.2) is 36.4 Å². The van der Waals surface area contributed by atoms with Crippen molar-refractivity contribution < 1.29 is 19.1 Å². The molecule has 164 valence electrons. The van der Waals surface area contributed by atoms with E-state index in [-0.39, 0.29) is 5.91 Å². The minimum atomic E-state index is -0.508. The van der Waals surface area contributed by atoms with E-state index in [1.807, 2.05) is 25.1 Å². The first kappa shape index (κ1) is 21.5. The Balaban J connectivity index is 1.50. The van der Waals surface area contributed by atoms with Crippen molar-refractivity contribution in [2.45, 2.75) is 32.6 Å². The lowest BCUT2D eigenvalue weighted by Crippen LogP contribution is -2.23. The van der Waals surface area contributed by atoms with Crippen LogP contribution in [0.1, 0.15) is 50.4 Å². The largest absolute Gasteiger partial charge is 0.452 e. The van der Waals surface area contributed by atoms with Crippen molar-refractivity contribution >= 4 is 34.4 Å². The van der Waals surface area contributed by atoms with Crippen LogP contribution in [0.25, 0.3) is 10.9 Å². The maximum atomic E-state index is 13.1. The maximum Gasteiger partial charge on any atom is 0.339 e. The summed E-state index contributed by atoms with van der Waals surface area (Å²) in [7, 11) is 1.55. The Morgan fingerprint density at radius 3 is 2.53 bits per heavy atom. The lowest BCUT2D eigenvalue weighted by molar-refractivity contribution is -0.119. The molecule has 0 unspecified atom stereocenters. The SMILES string of the molecule is CNC(=O)c1ccc(NC(=O)COC(=O)c2c3c(nc4ccc(C)cc24)CCCC3)cc1. The molecule has 32 heavy (non-hydrogen) atoms. The van der Waals surface area contributed by atoms with Crippen molar-refractivity contribution in [3.63, 3.8) is 0 Å². The fourth-order valence-corrected chi connectivity index (χ4v) is 4.02. The third kappa shape index (κ3) is 4.46. The van der Waals surface area contributed by atoms with E-state index in [0.29, 0.717) is 16.8 Å². The molecule has 2 N–H and O–H groups in total. The van der Waals surface area contributed by atoms with Crippen LogP contribution in [0.15, 0.2) is 42.5 Å². The van der Waals surface area contributed by atoms with Crippen LogP contribution < -0.4 is 10.6 Å². The Hall–Kier alpha value is -3.74. The Labute approximate surface area is 186 Å². The van der Waals surface area contributed by atoms with Crippen LogP contribution in [0.3, 0.4) is 0 Å². The number of pyridine rings is 1. The predicted octanol–water partition coefficient (Wildman–Crippen LogP) is 3.58. The molecule has 2 amide bonds. The molecule has 0 saturated heterocycles. The van der Waals surface area contributed by atoms with E-state index in [1.54, 1.807) is 31.3 Å². The number of fused-ring (bicyclic) bond motifs is 2. The van der Waals surface area contributed by atoms with Crippen molar-refractivity contribution in [2.24, 2.45) is 0 Å². The fraction of sp³-hybridized carbons (Fsp3) is 0.280. The van der Waals surface area contributed by atoms with E-state index < -0.39 is 18.5 Å². The zero-order chi connectivity index (χ0) is 22.7. The second-order valence-corrected chi connectivity index (χ2v) is 7.92. The van der Waals surface area contributed by atoms with E-state index in [2.05, 4.69) is 10.6 Å². The topological polar surface area (TPSA) is 97.4 Å². The normalized spacial score (nSPS) is 12.7. The first-order chi connectivity index (χ1) is 15.5. The van der Waals surface area contributed by atoms with E-state index in [0.717, 1.165) is 53.4 Å². The second-order valence-electron chi connectivity index (χ2n) is 7.92. The molecule has 1 heterocycles. The average molecular weight is 431 g/mol. The number of benzene rings is 2. The minimum Gasteiger partial charge on any atom is -0.452 e. The van der Waals surface area contributed by atoms with Gasteiger partial charge in [-0.15, -0.1) is 0 Å². The van der Waals surface area contributed by atoms with Gasteiger partial charge in [-0.1, -0.05) is 11.6 Å². The molecule has 4 rings (SSSR count). The molecule has 0 spiro atoms. The zero-order valence-electron chi connectivity index (χ0n) is 18.2. The Morgan fingerprint density at radius 1 is 1.03 bits per heavy atom. The maximum absolute atomic E-state index is 13.1. The molecule has 1 aliphatic rings. The molecule has 0 aliphatic heterocycles. The first-order valence-electron chi connectivity index (χ1n) is 10.7. The van der Waals surface area contributed by atoms with Crippen molar-refractivity contribution in [1.29, 1.82) is 0 Å². The summed E-state index contributed by atoms with van der Waals surface area (Å²) in [6.45, 7) is 1.57. The molecular formula is C25H25N3O4. The van der Waals surface area contributed by atoms with Crippen LogP contribution in [0, 0.1) is 6.92 Å². The van der Waals surface area contributed by atoms with Gasteiger partial charge in [-0.05, 0) is 74.6 Å². The standard InChI is InChI=1S/C25H25N3O4/c1-15-7-12-21-19(13-15)23(18-5-3-4-6-20(18)28-21)25(31)32-14-22(29)27-17-10-8-16(9-11-17)24(30)26-2/h7-13H,3-6,14H2,1-2H3,(H,26,30)(H,27,29). The molecule has 2 aromatic carbocycles. The summed E-state index contributed by atoms with van der Waals surface area (Å²) < 4.78 is 5.41. The van der Waals surface area contributed by atoms with Gasteiger partial charge in [0.1, 0.15) is 0 Å². The molecule has 0 atom stereocenters. The predicted molar refractivity (Wildman–Crippen MR) is 122 cm³/mol. The molecule has 0 saturated carbocycles. The number of carbonyl (C=O) groups excluding carboxylic acids is 3. The highest BCUT2D eigenvalue weighted by Gasteiger charge is 2.24. The van der Waals surface area contributed by atoms with Crippen LogP contribution in [0.5, 0.6) is 0 Å². The molecule has 1 aliphatic carbocycles. The Bertz CT molecular complexity index is 1200. The number of nitrogens with zero attached hydrogens (tertiary/aromatic N) is 1. The van der Waals surface area contributed by atoms with Gasteiger partial charge in [0.25, 0.3) is 11.8 Å². The summed E-state index contributed by atoms with van der Waals surface area (Å²) in [5, 5.41) is 5.99. The van der Waals surface area contributed by atoms with Crippen LogP contribution in [0.4, 0.5) is 5.69 Å². The number of anilines is 1. The third-order valence-electron chi connectivity index (χ3n) is 5.61. The second kappa shape index (κ2) is 9.18. The summed E-state index contributed by atoms with van der Waals surface area (Å²) >= 11 is 0. The summed E-state index contributed by atoms with van der Waals surface area (Å²) in [5.74, 6) is -1.17. The number of hydrogen-bond acceptors (Lipinski definition) is 5. The van der Waals surface area contributed by atoms with E-state index in [4.69, 9.17) is 9.72 Å². The molecule has 0 bridgehead atoms. The number of amides is 2. The van der Waals surface area contributed by atoms with Crippen LogP contribution >= 0.6 is 0 Å². The van der Waals surface area contributed by atoms with Gasteiger partial charge >= 0.3 is 5.97 Å². The highest BCUT2D eigenvalue weighted by Crippen LogP contribution is 2.30. The van der Waals surface area contributed by atoms with Crippen molar-refractivity contribution in [1.82, 2.24) is 10.3 Å². The number of aryl methyl sites for hydroxylation is 2. The van der Waals surface area contributed by atoms with Gasteiger partial charge in [-0.2, -0.15) is 0 Å². The quantitative estimate of drug-likeness (QED) is 0.602. The van der Waals surface area contributed by atoms with Gasteiger partial charge in [0.15, 0.2) is 6.61 Å². The summed E-state index contributed by atoms with van der Waals surface area (Å²) in [5.41, 5.74) is 5.20. The number of carbonyl (C=O) groups is 3. The lowest BCUT2D eigenvalue weighted by Gasteiger charge is -2.20. The van der Waals surface area contributed by atoms with Gasteiger partial charge in [0.05, 0.1) is 11.1 Å². The van der Waals surface area contributed by atoms with Gasteiger partial charge in [0.2, 0.25) is 0 Å². The monoisotopic (exact) mass is 431 g/mol. The number of aromatic nitrogens is 1. The van der Waals surface area contributed by atoms with E-state index in [9.17, 15) is 14.4 Å². The molecular weight excluding hydrogens is 406 g/mol. The van der Waals surface area contributed by atoms with Crippen LogP contribution in [0.2, 0.25) is 0 Å². The number of nitrogens with one attached hydrogen (secondary N) is 2. The molecule has 0 radical (unpaired) electrons. The van der Waals surface area contributed by atoms with Gasteiger partial charge in [0, 0.05) is 29.4 Å². The summed E-state index contributed by atoms with van der Waals surface area (Å²) in [4.78, 5) is 41.8. The number of ether oxygens (including phenoxy) is 1. The molecule has 1 aromatic heterocycles. The Kier molecular flexibility index (Phi) is 6.16. The highest BCUT2D eigenvalue weighted by molar-refractivity contribution is 6.06. The lowest BCUT2D eigenvalue weighted by atomic mass is 9.89. The average Bonchev–Trinajstić information content (AvgIpc) is 2.81. The molecule has 7 heteroatoms. The number of rotatable bonds is 5. The fourth-order valence-electron chi connectivity index (χ4n) is 4.02.